The van der Waals surface area contributed by atoms with E-state index in [1.807, 2.05) is 60.7 Å². The first-order valence-electron chi connectivity index (χ1n) is 15.4. The lowest BCUT2D eigenvalue weighted by Crippen LogP contribution is -2.00. The van der Waals surface area contributed by atoms with Gasteiger partial charge in [0, 0.05) is 16.2 Å². The van der Waals surface area contributed by atoms with E-state index in [4.69, 9.17) is 8.83 Å². The van der Waals surface area contributed by atoms with Crippen molar-refractivity contribution in [3.8, 4) is 44.5 Å². The van der Waals surface area contributed by atoms with E-state index in [1.165, 1.54) is 0 Å². The van der Waals surface area contributed by atoms with Crippen molar-refractivity contribution >= 4 is 43.7 Å². The monoisotopic (exact) mass is 590 g/mol. The molecule has 216 valence electrons. The van der Waals surface area contributed by atoms with Crippen molar-refractivity contribution in [1.29, 1.82) is 0 Å². The number of para-hydroxylation sites is 1. The molecule has 3 heteroatoms. The second-order valence-electron chi connectivity index (χ2n) is 11.7. The van der Waals surface area contributed by atoms with Crippen LogP contribution in [0, 0.1) is 0 Å². The fourth-order valence-corrected chi connectivity index (χ4v) is 6.68. The zero-order chi connectivity index (χ0) is 30.6. The van der Waals surface area contributed by atoms with Gasteiger partial charge in [-0.05, 0) is 98.4 Å². The second kappa shape index (κ2) is 10.5. The quantitative estimate of drug-likeness (QED) is 0.151. The van der Waals surface area contributed by atoms with Crippen LogP contribution in [0.5, 0.6) is 0 Å². The van der Waals surface area contributed by atoms with Gasteiger partial charge in [-0.25, -0.2) is 4.79 Å². The molecule has 9 aromatic rings. The summed E-state index contributed by atoms with van der Waals surface area (Å²) in [6.45, 7) is 0. The number of hydrogen-bond donors (Lipinski definition) is 0. The first-order valence-corrected chi connectivity index (χ1v) is 15.4. The summed E-state index contributed by atoms with van der Waals surface area (Å²) < 4.78 is 12.1. The van der Waals surface area contributed by atoms with Gasteiger partial charge in [-0.3, -0.25) is 0 Å². The molecule has 2 aromatic heterocycles. The van der Waals surface area contributed by atoms with Crippen LogP contribution in [0.3, 0.4) is 0 Å². The number of benzene rings is 7. The summed E-state index contributed by atoms with van der Waals surface area (Å²) in [5.41, 5.74) is 10.4. The second-order valence-corrected chi connectivity index (χ2v) is 11.7. The Labute approximate surface area is 264 Å². The van der Waals surface area contributed by atoms with Gasteiger partial charge in [-0.15, -0.1) is 0 Å². The van der Waals surface area contributed by atoms with Gasteiger partial charge in [-0.2, -0.15) is 0 Å². The van der Waals surface area contributed by atoms with E-state index >= 15 is 0 Å². The minimum absolute atomic E-state index is 0.351. The van der Waals surface area contributed by atoms with Crippen molar-refractivity contribution in [3.63, 3.8) is 0 Å². The van der Waals surface area contributed by atoms with Crippen LogP contribution in [0.4, 0.5) is 0 Å². The Morgan fingerprint density at radius 2 is 0.935 bits per heavy atom. The van der Waals surface area contributed by atoms with Gasteiger partial charge in [0.1, 0.15) is 16.7 Å². The van der Waals surface area contributed by atoms with E-state index in [0.29, 0.717) is 11.0 Å². The predicted molar refractivity (Wildman–Crippen MR) is 189 cm³/mol. The Morgan fingerprint density at radius 1 is 0.326 bits per heavy atom. The maximum atomic E-state index is 13.6. The minimum atomic E-state index is -0.351. The van der Waals surface area contributed by atoms with Gasteiger partial charge in [0.05, 0.1) is 5.39 Å². The fourth-order valence-electron chi connectivity index (χ4n) is 6.68. The zero-order valence-electron chi connectivity index (χ0n) is 24.7. The molecule has 0 unspecified atom stereocenters. The van der Waals surface area contributed by atoms with Crippen LogP contribution in [0.15, 0.2) is 171 Å². The van der Waals surface area contributed by atoms with Gasteiger partial charge in [0.2, 0.25) is 0 Å². The molecule has 0 aliphatic rings. The van der Waals surface area contributed by atoms with Crippen molar-refractivity contribution in [1.82, 2.24) is 0 Å². The predicted octanol–water partition coefficient (Wildman–Crippen LogP) is 11.5. The van der Waals surface area contributed by atoms with Gasteiger partial charge in [0.25, 0.3) is 0 Å². The van der Waals surface area contributed by atoms with Crippen LogP contribution in [0.2, 0.25) is 0 Å². The topological polar surface area (TPSA) is 43.4 Å². The van der Waals surface area contributed by atoms with Gasteiger partial charge < -0.3 is 8.83 Å². The van der Waals surface area contributed by atoms with Gasteiger partial charge >= 0.3 is 5.63 Å². The molecule has 9 rings (SSSR count). The molecule has 0 bridgehead atoms. The third-order valence-electron chi connectivity index (χ3n) is 8.91. The highest BCUT2D eigenvalue weighted by atomic mass is 16.4. The number of hydrogen-bond acceptors (Lipinski definition) is 3. The van der Waals surface area contributed by atoms with E-state index in [2.05, 4.69) is 97.1 Å². The minimum Gasteiger partial charge on any atom is -0.456 e. The molecule has 0 amide bonds. The van der Waals surface area contributed by atoms with Crippen LogP contribution in [0.1, 0.15) is 0 Å². The standard InChI is InChI=1S/C43H26O3/c44-43-38-25-29(33-23-31(27-10-3-1-4-11-27)22-32(24-33)28-12-5-2-6-13-28)18-20-35(38)36-21-19-30(26-41(36)46-43)34-15-9-17-40-42(34)37-14-7-8-16-39(37)45-40/h1-26H. The molecule has 0 saturated heterocycles. The Morgan fingerprint density at radius 3 is 1.67 bits per heavy atom. The summed E-state index contributed by atoms with van der Waals surface area (Å²) in [5.74, 6) is 0. The highest BCUT2D eigenvalue weighted by molar-refractivity contribution is 6.13. The third-order valence-corrected chi connectivity index (χ3v) is 8.91. The van der Waals surface area contributed by atoms with Crippen molar-refractivity contribution < 1.29 is 8.83 Å². The maximum absolute atomic E-state index is 13.6. The zero-order valence-corrected chi connectivity index (χ0v) is 24.7. The number of furan rings is 1. The van der Waals surface area contributed by atoms with E-state index in [-0.39, 0.29) is 5.63 Å². The van der Waals surface area contributed by atoms with Crippen LogP contribution in [-0.2, 0) is 0 Å². The molecular formula is C43H26O3. The van der Waals surface area contributed by atoms with E-state index < -0.39 is 0 Å². The highest BCUT2D eigenvalue weighted by Crippen LogP contribution is 2.39. The number of fused-ring (bicyclic) bond motifs is 6. The fraction of sp³-hybridized carbons (Fsp3) is 0. The summed E-state index contributed by atoms with van der Waals surface area (Å²) in [6, 6.07) is 53.8. The van der Waals surface area contributed by atoms with Gasteiger partial charge in [-0.1, -0.05) is 109 Å². The lowest BCUT2D eigenvalue weighted by Gasteiger charge is -2.12. The lowest BCUT2D eigenvalue weighted by molar-refractivity contribution is 0.570. The molecule has 0 radical (unpaired) electrons. The summed E-state index contributed by atoms with van der Waals surface area (Å²) in [6.07, 6.45) is 0. The molecule has 7 aromatic carbocycles. The molecule has 0 atom stereocenters. The SMILES string of the molecule is O=c1oc2cc(-c3cccc4oc5ccccc5c34)ccc2c2ccc(-c3cc(-c4ccccc4)cc(-c4ccccc4)c3)cc12. The van der Waals surface area contributed by atoms with Crippen molar-refractivity contribution in [2.75, 3.05) is 0 Å². The average molecular weight is 591 g/mol. The van der Waals surface area contributed by atoms with E-state index in [1.54, 1.807) is 0 Å². The summed E-state index contributed by atoms with van der Waals surface area (Å²) in [5, 5.41) is 4.45. The molecule has 2 heterocycles. The normalized spacial score (nSPS) is 11.6. The van der Waals surface area contributed by atoms with E-state index in [0.717, 1.165) is 77.2 Å². The molecular weight excluding hydrogens is 564 g/mol. The van der Waals surface area contributed by atoms with E-state index in [9.17, 15) is 4.79 Å². The van der Waals surface area contributed by atoms with Crippen LogP contribution < -0.4 is 5.63 Å². The van der Waals surface area contributed by atoms with Crippen molar-refractivity contribution in [3.05, 3.63) is 168 Å². The third kappa shape index (κ3) is 4.33. The van der Waals surface area contributed by atoms with Crippen LogP contribution >= 0.6 is 0 Å². The smallest absolute Gasteiger partial charge is 0.344 e. The van der Waals surface area contributed by atoms with Crippen LogP contribution in [-0.4, -0.2) is 0 Å². The summed E-state index contributed by atoms with van der Waals surface area (Å²) >= 11 is 0. The molecule has 0 aliphatic carbocycles. The molecule has 0 aliphatic heterocycles. The Hall–Kier alpha value is -6.19. The highest BCUT2D eigenvalue weighted by Gasteiger charge is 2.15. The van der Waals surface area contributed by atoms with Crippen molar-refractivity contribution in [2.24, 2.45) is 0 Å². The van der Waals surface area contributed by atoms with Crippen LogP contribution in [0.25, 0.3) is 88.2 Å². The van der Waals surface area contributed by atoms with Gasteiger partial charge in [0.15, 0.2) is 0 Å². The summed E-state index contributed by atoms with van der Waals surface area (Å²) in [7, 11) is 0. The average Bonchev–Trinajstić information content (AvgIpc) is 3.51. The van der Waals surface area contributed by atoms with Crippen molar-refractivity contribution in [2.45, 2.75) is 0 Å². The Kier molecular flexibility index (Phi) is 5.97. The molecule has 3 nitrogen and oxygen atoms in total. The first kappa shape index (κ1) is 26.2. The maximum Gasteiger partial charge on any atom is 0.344 e. The summed E-state index contributed by atoms with van der Waals surface area (Å²) in [4.78, 5) is 13.6. The molecule has 0 fully saturated rings. The molecule has 0 N–H and O–H groups in total. The number of rotatable bonds is 4. The molecule has 46 heavy (non-hydrogen) atoms. The molecule has 0 saturated carbocycles. The molecule has 0 spiro atoms. The largest absolute Gasteiger partial charge is 0.456 e. The Balaban J connectivity index is 1.19. The lowest BCUT2D eigenvalue weighted by atomic mass is 9.92. The first-order chi connectivity index (χ1) is 22.7. The Bertz CT molecular complexity index is 2590.